The van der Waals surface area contributed by atoms with Crippen molar-refractivity contribution in [3.8, 4) is 0 Å². The molecule has 0 aliphatic heterocycles. The molecule has 1 rings (SSSR count). The Morgan fingerprint density at radius 2 is 1.12 bits per heavy atom. The van der Waals surface area contributed by atoms with E-state index in [0.717, 1.165) is 0 Å². The maximum absolute atomic E-state index is 11.2. The van der Waals surface area contributed by atoms with Crippen LogP contribution in [0.25, 0.3) is 0 Å². The van der Waals surface area contributed by atoms with E-state index in [-0.39, 0.29) is 17.1 Å². The van der Waals surface area contributed by atoms with E-state index in [2.05, 4.69) is 38.1 Å². The Balaban J connectivity index is 0. The number of rotatable bonds is 1. The minimum atomic E-state index is -11.2. The van der Waals surface area contributed by atoms with Gasteiger partial charge in [-0.3, -0.25) is 0 Å². The Morgan fingerprint density at radius 3 is 1.29 bits per heavy atom. The average molecular weight is 412 g/mol. The van der Waals surface area contributed by atoms with Crippen molar-refractivity contribution in [2.45, 2.75) is 19.8 Å². The second kappa shape index (κ2) is 5.41. The van der Waals surface area contributed by atoms with Crippen LogP contribution in [0.2, 0.25) is 0 Å². The Morgan fingerprint density at radius 1 is 0.824 bits per heavy atom. The molecule has 0 heterocycles. The SMILES string of the molecule is CC(C)c1ccccc1.[F][Sb-]([F])([F])([F])([F])[F].[Fe+]. The van der Waals surface area contributed by atoms with Crippen LogP contribution in [0.15, 0.2) is 30.3 Å². The smallest absolute Gasteiger partial charge is 1.00 e. The molecule has 0 amide bonds. The molecule has 1 radical (unpaired) electrons. The first-order valence-electron chi connectivity index (χ1n) is 4.37. The summed E-state index contributed by atoms with van der Waals surface area (Å²) in [5.41, 5.74) is 1.41. The van der Waals surface area contributed by atoms with Gasteiger partial charge in [0.25, 0.3) is 0 Å². The van der Waals surface area contributed by atoms with E-state index < -0.39 is 19.5 Å². The normalized spacial score (nSPS) is 14.9. The first kappa shape index (κ1) is 19.5. The van der Waals surface area contributed by atoms with Crippen molar-refractivity contribution in [1.29, 1.82) is 0 Å². The largest absolute Gasteiger partial charge is 1.00 e. The first-order chi connectivity index (χ1) is 6.75. The molecule has 1 aromatic rings. The summed E-state index contributed by atoms with van der Waals surface area (Å²) in [7, 11) is 0. The van der Waals surface area contributed by atoms with Crippen LogP contribution in [0.5, 0.6) is 0 Å². The predicted molar refractivity (Wildman–Crippen MR) is 52.9 cm³/mol. The Bertz CT molecular complexity index is 318. The summed E-state index contributed by atoms with van der Waals surface area (Å²) in [5, 5.41) is 0. The zero-order valence-corrected chi connectivity index (χ0v) is 12.7. The number of benzene rings is 1. The fourth-order valence-electron chi connectivity index (χ4n) is 0.838. The van der Waals surface area contributed by atoms with E-state index in [9.17, 15) is 16.9 Å². The summed E-state index contributed by atoms with van der Waals surface area (Å²) in [4.78, 5) is 0. The predicted octanol–water partition coefficient (Wildman–Crippen LogP) is 4.95. The van der Waals surface area contributed by atoms with E-state index in [0.29, 0.717) is 5.92 Å². The van der Waals surface area contributed by atoms with Gasteiger partial charge in [-0.25, -0.2) is 0 Å². The van der Waals surface area contributed by atoms with Crippen LogP contribution in [-0.2, 0) is 17.1 Å². The van der Waals surface area contributed by atoms with E-state index in [1.807, 2.05) is 6.07 Å². The van der Waals surface area contributed by atoms with Gasteiger partial charge in [0, 0.05) is 0 Å². The molecule has 17 heavy (non-hydrogen) atoms. The van der Waals surface area contributed by atoms with Crippen LogP contribution in [0.1, 0.15) is 25.3 Å². The molecule has 0 spiro atoms. The molecule has 1 aromatic carbocycles. The molecular formula is C9H12F6FeSb. The summed E-state index contributed by atoms with van der Waals surface area (Å²) < 4.78 is 59.6. The van der Waals surface area contributed by atoms with Crippen LogP contribution >= 0.6 is 0 Å². The quantitative estimate of drug-likeness (QED) is 0.453. The van der Waals surface area contributed by atoms with E-state index in [1.165, 1.54) is 5.56 Å². The Hall–Kier alpha value is 0.138. The minimum Gasteiger partial charge on any atom is 1.00 e. The van der Waals surface area contributed by atoms with Crippen LogP contribution < -0.4 is 0 Å². The van der Waals surface area contributed by atoms with Crippen LogP contribution in [0, 0.1) is 0 Å². The maximum Gasteiger partial charge on any atom is 1.00 e. The van der Waals surface area contributed by atoms with Crippen molar-refractivity contribution in [1.82, 2.24) is 0 Å². The van der Waals surface area contributed by atoms with Crippen molar-refractivity contribution in [3.63, 3.8) is 0 Å². The van der Waals surface area contributed by atoms with Gasteiger partial charge in [0.1, 0.15) is 0 Å². The first-order valence-corrected chi connectivity index (χ1v) is 10.2. The van der Waals surface area contributed by atoms with Crippen molar-refractivity contribution < 1.29 is 33.9 Å². The van der Waals surface area contributed by atoms with Crippen molar-refractivity contribution in [2.24, 2.45) is 0 Å². The fourth-order valence-corrected chi connectivity index (χ4v) is 0.838. The summed E-state index contributed by atoms with van der Waals surface area (Å²) in [6.07, 6.45) is 0. The van der Waals surface area contributed by atoms with Crippen LogP contribution in [-0.4, -0.2) is 19.5 Å². The summed E-state index contributed by atoms with van der Waals surface area (Å²) in [5.74, 6) is 0.659. The molecule has 0 aliphatic carbocycles. The number of halogens is 6. The zero-order valence-electron chi connectivity index (χ0n) is 9.03. The van der Waals surface area contributed by atoms with Crippen molar-refractivity contribution >= 4 is 19.5 Å². The molecule has 0 unspecified atom stereocenters. The fraction of sp³-hybridized carbons (Fsp3) is 0.333. The van der Waals surface area contributed by atoms with E-state index >= 15 is 0 Å². The molecule has 0 N–H and O–H groups in total. The van der Waals surface area contributed by atoms with Gasteiger partial charge >= 0.3 is 53.4 Å². The third-order valence-corrected chi connectivity index (χ3v) is 1.47. The van der Waals surface area contributed by atoms with Gasteiger partial charge in [0.2, 0.25) is 0 Å². The second-order valence-corrected chi connectivity index (χ2v) is 8.99. The second-order valence-electron chi connectivity index (χ2n) is 3.52. The van der Waals surface area contributed by atoms with Crippen LogP contribution in [0.3, 0.4) is 0 Å². The molecule has 0 saturated carbocycles. The monoisotopic (exact) mass is 411 g/mol. The standard InChI is InChI=1S/C9H12.6FH.Fe.Sb/c1-8(2)9-6-4-3-5-7-9;;;;;;;;/h3-8H,1-2H3;6*1H;;/q;;;;;;;+1;+5/p-6. The summed E-state index contributed by atoms with van der Waals surface area (Å²) in [6.45, 7) is 4.41. The summed E-state index contributed by atoms with van der Waals surface area (Å²) in [6, 6.07) is 10.5. The summed E-state index contributed by atoms with van der Waals surface area (Å²) >= 11 is -11.2. The maximum atomic E-state index is 9.93. The average Bonchev–Trinajstić information content (AvgIpc) is 2.00. The van der Waals surface area contributed by atoms with Crippen LogP contribution in [0.4, 0.5) is 16.9 Å². The topological polar surface area (TPSA) is 0 Å². The minimum absolute atomic E-state index is 0. The zero-order chi connectivity index (χ0) is 13.1. The third-order valence-electron chi connectivity index (χ3n) is 1.47. The molecule has 0 atom stereocenters. The van der Waals surface area contributed by atoms with Gasteiger partial charge < -0.3 is 0 Å². The number of hydrogen-bond donors (Lipinski definition) is 0. The molecule has 0 saturated heterocycles. The van der Waals surface area contributed by atoms with Crippen molar-refractivity contribution in [3.05, 3.63) is 35.9 Å². The van der Waals surface area contributed by atoms with E-state index in [4.69, 9.17) is 0 Å². The van der Waals surface area contributed by atoms with Gasteiger partial charge in [-0.1, -0.05) is 44.2 Å². The Kier molecular flexibility index (Phi) is 6.20. The molecule has 103 valence electrons. The molecule has 0 nitrogen and oxygen atoms in total. The number of hydrogen-bond acceptors (Lipinski definition) is 0. The molecule has 0 aromatic heterocycles. The van der Waals surface area contributed by atoms with Gasteiger partial charge in [-0.2, -0.15) is 0 Å². The van der Waals surface area contributed by atoms with Gasteiger partial charge in [-0.15, -0.1) is 0 Å². The Labute approximate surface area is 109 Å². The molecule has 0 bridgehead atoms. The van der Waals surface area contributed by atoms with Gasteiger partial charge in [0.05, 0.1) is 0 Å². The van der Waals surface area contributed by atoms with E-state index in [1.54, 1.807) is 0 Å². The van der Waals surface area contributed by atoms with Gasteiger partial charge in [0.15, 0.2) is 0 Å². The van der Waals surface area contributed by atoms with Crippen molar-refractivity contribution in [2.75, 3.05) is 0 Å². The third kappa shape index (κ3) is 21.9. The molecule has 0 fully saturated rings. The van der Waals surface area contributed by atoms with Gasteiger partial charge in [-0.05, 0) is 11.5 Å². The molecule has 8 heteroatoms. The molecular weight excluding hydrogens is 400 g/mol. The molecule has 0 aliphatic rings.